The molecule has 1 heterocycles. The first kappa shape index (κ1) is 14.7. The van der Waals surface area contributed by atoms with Crippen LogP contribution in [0.2, 0.25) is 0 Å². The van der Waals surface area contributed by atoms with Gasteiger partial charge in [-0.1, -0.05) is 41.1 Å². The SMILES string of the molecule is CCCNC(c1cccc(Br)c1)C1CCc2cccnc21. The van der Waals surface area contributed by atoms with Gasteiger partial charge in [-0.2, -0.15) is 0 Å². The Morgan fingerprint density at radius 1 is 1.33 bits per heavy atom. The molecule has 0 bridgehead atoms. The lowest BCUT2D eigenvalue weighted by Crippen LogP contribution is -2.27. The van der Waals surface area contributed by atoms with Gasteiger partial charge in [0.25, 0.3) is 0 Å². The minimum Gasteiger partial charge on any atom is -0.309 e. The monoisotopic (exact) mass is 344 g/mol. The first-order chi connectivity index (χ1) is 10.3. The lowest BCUT2D eigenvalue weighted by Gasteiger charge is -2.26. The van der Waals surface area contributed by atoms with E-state index < -0.39 is 0 Å². The van der Waals surface area contributed by atoms with Crippen LogP contribution in [-0.2, 0) is 6.42 Å². The quantitative estimate of drug-likeness (QED) is 0.856. The molecule has 3 heteroatoms. The van der Waals surface area contributed by atoms with E-state index in [9.17, 15) is 0 Å². The molecule has 1 aliphatic rings. The summed E-state index contributed by atoms with van der Waals surface area (Å²) in [4.78, 5) is 4.67. The number of rotatable bonds is 5. The van der Waals surface area contributed by atoms with Gasteiger partial charge in [0.1, 0.15) is 0 Å². The fraction of sp³-hybridized carbons (Fsp3) is 0.389. The predicted molar refractivity (Wildman–Crippen MR) is 90.5 cm³/mol. The van der Waals surface area contributed by atoms with Crippen LogP contribution in [0, 0.1) is 0 Å². The molecule has 1 aliphatic carbocycles. The summed E-state index contributed by atoms with van der Waals surface area (Å²) in [5.74, 6) is 0.474. The van der Waals surface area contributed by atoms with E-state index in [2.05, 4.69) is 69.6 Å². The molecule has 0 aliphatic heterocycles. The maximum atomic E-state index is 4.67. The van der Waals surface area contributed by atoms with Crippen LogP contribution in [0.15, 0.2) is 47.1 Å². The Morgan fingerprint density at radius 2 is 2.24 bits per heavy atom. The lowest BCUT2D eigenvalue weighted by molar-refractivity contribution is 0.437. The number of aryl methyl sites for hydroxylation is 1. The van der Waals surface area contributed by atoms with Gasteiger partial charge >= 0.3 is 0 Å². The highest BCUT2D eigenvalue weighted by molar-refractivity contribution is 9.10. The van der Waals surface area contributed by atoms with Gasteiger partial charge in [0.2, 0.25) is 0 Å². The van der Waals surface area contributed by atoms with E-state index in [-0.39, 0.29) is 0 Å². The van der Waals surface area contributed by atoms with Crippen molar-refractivity contribution in [3.05, 3.63) is 63.9 Å². The fourth-order valence-corrected chi connectivity index (χ4v) is 3.68. The largest absolute Gasteiger partial charge is 0.309 e. The lowest BCUT2D eigenvalue weighted by atomic mass is 9.90. The summed E-state index contributed by atoms with van der Waals surface area (Å²) in [6.45, 7) is 3.25. The molecular formula is C18H21BrN2. The van der Waals surface area contributed by atoms with Crippen molar-refractivity contribution < 1.29 is 0 Å². The first-order valence-corrected chi connectivity index (χ1v) is 8.51. The fourth-order valence-electron chi connectivity index (χ4n) is 3.26. The second kappa shape index (κ2) is 6.71. The Bertz CT molecular complexity index is 612. The van der Waals surface area contributed by atoms with Crippen LogP contribution in [0.4, 0.5) is 0 Å². The molecule has 110 valence electrons. The second-order valence-electron chi connectivity index (χ2n) is 5.68. The number of aromatic nitrogens is 1. The number of halogens is 1. The molecule has 3 rings (SSSR count). The van der Waals surface area contributed by atoms with Crippen LogP contribution in [0.25, 0.3) is 0 Å². The number of fused-ring (bicyclic) bond motifs is 1. The molecule has 0 saturated carbocycles. The van der Waals surface area contributed by atoms with Crippen molar-refractivity contribution in [2.45, 2.75) is 38.1 Å². The molecule has 1 N–H and O–H groups in total. The number of benzene rings is 1. The Hall–Kier alpha value is -1.19. The third kappa shape index (κ3) is 3.19. The van der Waals surface area contributed by atoms with Crippen molar-refractivity contribution in [2.24, 2.45) is 0 Å². The van der Waals surface area contributed by atoms with Crippen molar-refractivity contribution in [1.29, 1.82) is 0 Å². The maximum Gasteiger partial charge on any atom is 0.0485 e. The van der Waals surface area contributed by atoms with E-state index in [0.29, 0.717) is 12.0 Å². The van der Waals surface area contributed by atoms with Crippen LogP contribution >= 0.6 is 15.9 Å². The number of nitrogens with one attached hydrogen (secondary N) is 1. The number of hydrogen-bond donors (Lipinski definition) is 1. The summed E-state index contributed by atoms with van der Waals surface area (Å²) in [5, 5.41) is 3.73. The Labute approximate surface area is 135 Å². The molecule has 0 amide bonds. The average Bonchev–Trinajstić information content (AvgIpc) is 2.92. The minimum atomic E-state index is 0.346. The smallest absolute Gasteiger partial charge is 0.0485 e. The molecule has 21 heavy (non-hydrogen) atoms. The van der Waals surface area contributed by atoms with E-state index in [4.69, 9.17) is 0 Å². The molecule has 2 aromatic rings. The molecule has 2 nitrogen and oxygen atoms in total. The molecular weight excluding hydrogens is 324 g/mol. The van der Waals surface area contributed by atoms with Crippen molar-refractivity contribution in [3.63, 3.8) is 0 Å². The van der Waals surface area contributed by atoms with Crippen molar-refractivity contribution in [2.75, 3.05) is 6.54 Å². The van der Waals surface area contributed by atoms with E-state index in [1.54, 1.807) is 0 Å². The van der Waals surface area contributed by atoms with Crippen LogP contribution in [0.3, 0.4) is 0 Å². The van der Waals surface area contributed by atoms with Crippen LogP contribution in [0.5, 0.6) is 0 Å². The third-order valence-corrected chi connectivity index (χ3v) is 4.72. The molecule has 1 aromatic carbocycles. The maximum absolute atomic E-state index is 4.67. The van der Waals surface area contributed by atoms with Gasteiger partial charge in [-0.15, -0.1) is 0 Å². The number of hydrogen-bond acceptors (Lipinski definition) is 2. The van der Waals surface area contributed by atoms with Crippen molar-refractivity contribution >= 4 is 15.9 Å². The van der Waals surface area contributed by atoms with Gasteiger partial charge in [0.15, 0.2) is 0 Å². The van der Waals surface area contributed by atoms with Crippen LogP contribution < -0.4 is 5.32 Å². The van der Waals surface area contributed by atoms with E-state index in [0.717, 1.165) is 23.9 Å². The van der Waals surface area contributed by atoms with E-state index in [1.165, 1.54) is 23.2 Å². The number of pyridine rings is 1. The van der Waals surface area contributed by atoms with Gasteiger partial charge < -0.3 is 5.32 Å². The second-order valence-corrected chi connectivity index (χ2v) is 6.60. The molecule has 0 fully saturated rings. The Morgan fingerprint density at radius 3 is 3.05 bits per heavy atom. The summed E-state index contributed by atoms with van der Waals surface area (Å²) in [6.07, 6.45) is 5.40. The summed E-state index contributed by atoms with van der Waals surface area (Å²) >= 11 is 3.60. The summed E-state index contributed by atoms with van der Waals surface area (Å²) in [5.41, 5.74) is 4.05. The van der Waals surface area contributed by atoms with Gasteiger partial charge in [-0.05, 0) is 55.1 Å². The summed E-state index contributed by atoms with van der Waals surface area (Å²) in [7, 11) is 0. The zero-order chi connectivity index (χ0) is 14.7. The third-order valence-electron chi connectivity index (χ3n) is 4.23. The number of nitrogens with zero attached hydrogens (tertiary/aromatic N) is 1. The minimum absolute atomic E-state index is 0.346. The standard InChI is InChI=1S/C18H21BrN2/c1-2-10-20-18(14-5-3-7-15(19)12-14)16-9-8-13-6-4-11-21-17(13)16/h3-7,11-12,16,18,20H,2,8-10H2,1H3. The summed E-state index contributed by atoms with van der Waals surface area (Å²) < 4.78 is 1.14. The van der Waals surface area contributed by atoms with Gasteiger partial charge in [-0.25, -0.2) is 0 Å². The van der Waals surface area contributed by atoms with Gasteiger partial charge in [0, 0.05) is 28.3 Å². The van der Waals surface area contributed by atoms with E-state index >= 15 is 0 Å². The van der Waals surface area contributed by atoms with Crippen molar-refractivity contribution in [3.8, 4) is 0 Å². The topological polar surface area (TPSA) is 24.9 Å². The first-order valence-electron chi connectivity index (χ1n) is 7.72. The zero-order valence-corrected chi connectivity index (χ0v) is 13.9. The Balaban J connectivity index is 1.93. The van der Waals surface area contributed by atoms with Crippen molar-refractivity contribution in [1.82, 2.24) is 10.3 Å². The van der Waals surface area contributed by atoms with Crippen LogP contribution in [-0.4, -0.2) is 11.5 Å². The van der Waals surface area contributed by atoms with Gasteiger partial charge in [0.05, 0.1) is 0 Å². The summed E-state index contributed by atoms with van der Waals surface area (Å²) in [6, 6.07) is 13.3. The average molecular weight is 345 g/mol. The molecule has 1 aromatic heterocycles. The van der Waals surface area contributed by atoms with E-state index in [1.807, 2.05) is 6.20 Å². The normalized spacial score (nSPS) is 18.5. The molecule has 0 saturated heterocycles. The van der Waals surface area contributed by atoms with Crippen LogP contribution in [0.1, 0.15) is 48.5 Å². The highest BCUT2D eigenvalue weighted by atomic mass is 79.9. The zero-order valence-electron chi connectivity index (χ0n) is 12.3. The molecule has 2 atom stereocenters. The Kier molecular flexibility index (Phi) is 4.71. The molecule has 0 radical (unpaired) electrons. The molecule has 0 spiro atoms. The highest BCUT2D eigenvalue weighted by Crippen LogP contribution is 2.40. The highest BCUT2D eigenvalue weighted by Gasteiger charge is 2.31. The van der Waals surface area contributed by atoms with Gasteiger partial charge in [-0.3, -0.25) is 4.98 Å². The molecule has 2 unspecified atom stereocenters. The predicted octanol–water partition coefficient (Wildman–Crippen LogP) is 4.61.